The maximum Gasteiger partial charge on any atom is 0.229 e. The van der Waals surface area contributed by atoms with Gasteiger partial charge in [-0.25, -0.2) is 0 Å². The standard InChI is InChI=1S/C11H18N2O3/c1-8(2)7-12-9(14)5-6-13-10(15)3-4-11(13)16/h8H,3-7H2,1-2H3,(H,12,14). The van der Waals surface area contributed by atoms with Crippen LogP contribution in [-0.4, -0.2) is 35.7 Å². The number of amides is 3. The molecule has 1 heterocycles. The van der Waals surface area contributed by atoms with Gasteiger partial charge in [-0.3, -0.25) is 19.3 Å². The molecule has 0 saturated carbocycles. The van der Waals surface area contributed by atoms with Gasteiger partial charge in [0.15, 0.2) is 0 Å². The SMILES string of the molecule is CC(C)CNC(=O)CCN1C(=O)CCC1=O. The Morgan fingerprint density at radius 1 is 1.31 bits per heavy atom. The number of carbonyl (C=O) groups is 3. The van der Waals surface area contributed by atoms with Gasteiger partial charge < -0.3 is 5.32 Å². The van der Waals surface area contributed by atoms with E-state index in [0.717, 1.165) is 0 Å². The smallest absolute Gasteiger partial charge is 0.229 e. The Morgan fingerprint density at radius 2 is 1.88 bits per heavy atom. The summed E-state index contributed by atoms with van der Waals surface area (Å²) in [6.07, 6.45) is 0.767. The number of hydrogen-bond donors (Lipinski definition) is 1. The van der Waals surface area contributed by atoms with Crippen LogP contribution in [0.2, 0.25) is 0 Å². The third-order valence-electron chi connectivity index (χ3n) is 2.42. The molecular weight excluding hydrogens is 208 g/mol. The molecule has 1 rings (SSSR count). The van der Waals surface area contributed by atoms with Gasteiger partial charge in [0.2, 0.25) is 17.7 Å². The van der Waals surface area contributed by atoms with Gasteiger partial charge in [-0.05, 0) is 5.92 Å². The van der Waals surface area contributed by atoms with Gasteiger partial charge in [-0.1, -0.05) is 13.8 Å². The molecule has 3 amide bonds. The van der Waals surface area contributed by atoms with Crippen LogP contribution < -0.4 is 5.32 Å². The average Bonchev–Trinajstić information content (AvgIpc) is 2.53. The molecule has 0 unspecified atom stereocenters. The van der Waals surface area contributed by atoms with E-state index in [1.165, 1.54) is 4.90 Å². The third-order valence-corrected chi connectivity index (χ3v) is 2.42. The highest BCUT2D eigenvalue weighted by Crippen LogP contribution is 2.11. The van der Waals surface area contributed by atoms with E-state index in [-0.39, 0.29) is 43.5 Å². The van der Waals surface area contributed by atoms with Crippen molar-refractivity contribution in [3.05, 3.63) is 0 Å². The largest absolute Gasteiger partial charge is 0.356 e. The summed E-state index contributed by atoms with van der Waals surface area (Å²) in [6.45, 7) is 4.85. The maximum absolute atomic E-state index is 11.4. The number of hydrogen-bond acceptors (Lipinski definition) is 3. The summed E-state index contributed by atoms with van der Waals surface area (Å²) in [5.74, 6) is -0.0384. The van der Waals surface area contributed by atoms with E-state index in [1.807, 2.05) is 13.8 Å². The first kappa shape index (κ1) is 12.7. The molecule has 5 heteroatoms. The summed E-state index contributed by atoms with van der Waals surface area (Å²) in [4.78, 5) is 35.0. The van der Waals surface area contributed by atoms with Crippen molar-refractivity contribution in [3.8, 4) is 0 Å². The van der Waals surface area contributed by atoms with Crippen LogP contribution in [0.15, 0.2) is 0 Å². The fourth-order valence-electron chi connectivity index (χ4n) is 1.49. The molecule has 0 aromatic carbocycles. The summed E-state index contributed by atoms with van der Waals surface area (Å²) in [5.41, 5.74) is 0. The lowest BCUT2D eigenvalue weighted by molar-refractivity contribution is -0.138. The molecule has 0 aromatic rings. The highest BCUT2D eigenvalue weighted by Gasteiger charge is 2.28. The normalized spacial score (nSPS) is 16.1. The Hall–Kier alpha value is -1.39. The molecule has 90 valence electrons. The summed E-state index contributed by atoms with van der Waals surface area (Å²) in [6, 6.07) is 0. The molecule has 1 N–H and O–H groups in total. The van der Waals surface area contributed by atoms with E-state index in [9.17, 15) is 14.4 Å². The zero-order chi connectivity index (χ0) is 12.1. The van der Waals surface area contributed by atoms with E-state index >= 15 is 0 Å². The molecule has 1 aliphatic rings. The molecule has 0 bridgehead atoms. The molecule has 0 aliphatic carbocycles. The van der Waals surface area contributed by atoms with Crippen LogP contribution in [0.25, 0.3) is 0 Å². The highest BCUT2D eigenvalue weighted by atomic mass is 16.2. The van der Waals surface area contributed by atoms with E-state index in [2.05, 4.69) is 5.32 Å². The molecule has 0 spiro atoms. The van der Waals surface area contributed by atoms with Crippen LogP contribution in [0.1, 0.15) is 33.1 Å². The number of imide groups is 1. The topological polar surface area (TPSA) is 66.5 Å². The van der Waals surface area contributed by atoms with Crippen LogP contribution in [0, 0.1) is 5.92 Å². The first-order valence-corrected chi connectivity index (χ1v) is 5.60. The van der Waals surface area contributed by atoms with E-state index in [0.29, 0.717) is 12.5 Å². The van der Waals surface area contributed by atoms with Gasteiger partial charge in [0.05, 0.1) is 0 Å². The second-order valence-corrected chi connectivity index (χ2v) is 4.39. The van der Waals surface area contributed by atoms with Crippen LogP contribution >= 0.6 is 0 Å². The second kappa shape index (κ2) is 5.63. The monoisotopic (exact) mass is 226 g/mol. The van der Waals surface area contributed by atoms with Crippen LogP contribution in [0.5, 0.6) is 0 Å². The molecular formula is C11H18N2O3. The minimum absolute atomic E-state index is 0.110. The van der Waals surface area contributed by atoms with E-state index in [1.54, 1.807) is 0 Å². The molecule has 16 heavy (non-hydrogen) atoms. The summed E-state index contributed by atoms with van der Waals surface area (Å²) in [7, 11) is 0. The second-order valence-electron chi connectivity index (χ2n) is 4.39. The number of carbonyl (C=O) groups excluding carboxylic acids is 3. The van der Waals surface area contributed by atoms with Gasteiger partial charge in [-0.2, -0.15) is 0 Å². The fraction of sp³-hybridized carbons (Fsp3) is 0.727. The van der Waals surface area contributed by atoms with Crippen molar-refractivity contribution < 1.29 is 14.4 Å². The van der Waals surface area contributed by atoms with Crippen molar-refractivity contribution in [3.63, 3.8) is 0 Å². The Bertz CT molecular complexity index is 284. The van der Waals surface area contributed by atoms with E-state index < -0.39 is 0 Å². The number of nitrogens with zero attached hydrogens (tertiary/aromatic N) is 1. The first-order chi connectivity index (χ1) is 7.50. The van der Waals surface area contributed by atoms with Crippen LogP contribution in [-0.2, 0) is 14.4 Å². The summed E-state index contributed by atoms with van der Waals surface area (Å²) >= 11 is 0. The first-order valence-electron chi connectivity index (χ1n) is 5.60. The number of rotatable bonds is 5. The lowest BCUT2D eigenvalue weighted by Crippen LogP contribution is -2.35. The lowest BCUT2D eigenvalue weighted by atomic mass is 10.2. The molecule has 5 nitrogen and oxygen atoms in total. The predicted octanol–water partition coefficient (Wildman–Crippen LogP) is 0.298. The fourth-order valence-corrected chi connectivity index (χ4v) is 1.49. The zero-order valence-corrected chi connectivity index (χ0v) is 9.78. The summed E-state index contributed by atoms with van der Waals surface area (Å²) < 4.78 is 0. The van der Waals surface area contributed by atoms with Gasteiger partial charge in [0.25, 0.3) is 0 Å². The van der Waals surface area contributed by atoms with Gasteiger partial charge in [0, 0.05) is 32.4 Å². The maximum atomic E-state index is 11.4. The van der Waals surface area contributed by atoms with Crippen molar-refractivity contribution in [2.75, 3.05) is 13.1 Å². The molecule has 1 aliphatic heterocycles. The van der Waals surface area contributed by atoms with Gasteiger partial charge in [0.1, 0.15) is 0 Å². The minimum atomic E-state index is -0.165. The van der Waals surface area contributed by atoms with Crippen LogP contribution in [0.3, 0.4) is 0 Å². The molecule has 0 atom stereocenters. The molecule has 0 radical (unpaired) electrons. The van der Waals surface area contributed by atoms with Crippen molar-refractivity contribution >= 4 is 17.7 Å². The Morgan fingerprint density at radius 3 is 2.38 bits per heavy atom. The molecule has 1 fully saturated rings. The van der Waals surface area contributed by atoms with Crippen molar-refractivity contribution in [1.82, 2.24) is 10.2 Å². The van der Waals surface area contributed by atoms with Gasteiger partial charge >= 0.3 is 0 Å². The van der Waals surface area contributed by atoms with E-state index in [4.69, 9.17) is 0 Å². The Balaban J connectivity index is 2.26. The quantitative estimate of drug-likeness (QED) is 0.685. The molecule has 0 aromatic heterocycles. The minimum Gasteiger partial charge on any atom is -0.356 e. The highest BCUT2D eigenvalue weighted by molar-refractivity contribution is 6.02. The zero-order valence-electron chi connectivity index (χ0n) is 9.78. The Labute approximate surface area is 95.2 Å². The lowest BCUT2D eigenvalue weighted by Gasteiger charge is -2.13. The number of likely N-dealkylation sites (tertiary alicyclic amines) is 1. The third kappa shape index (κ3) is 3.64. The molecule has 1 saturated heterocycles. The predicted molar refractivity (Wildman–Crippen MR) is 58.4 cm³/mol. The van der Waals surface area contributed by atoms with Crippen molar-refractivity contribution in [2.24, 2.45) is 5.92 Å². The summed E-state index contributed by atoms with van der Waals surface area (Å²) in [5, 5.41) is 2.75. The van der Waals surface area contributed by atoms with Gasteiger partial charge in [-0.15, -0.1) is 0 Å². The average molecular weight is 226 g/mol. The Kier molecular flexibility index (Phi) is 4.46. The van der Waals surface area contributed by atoms with Crippen molar-refractivity contribution in [1.29, 1.82) is 0 Å². The van der Waals surface area contributed by atoms with Crippen LogP contribution in [0.4, 0.5) is 0 Å². The number of nitrogens with one attached hydrogen (secondary N) is 1. The van der Waals surface area contributed by atoms with Crippen molar-refractivity contribution in [2.45, 2.75) is 33.1 Å².